The summed E-state index contributed by atoms with van der Waals surface area (Å²) in [6.45, 7) is 1.89. The highest BCUT2D eigenvalue weighted by molar-refractivity contribution is 7.13. The Balaban J connectivity index is 0.00000128. The smallest absolute Gasteiger partial charge is 0.259 e. The lowest BCUT2D eigenvalue weighted by molar-refractivity contribution is 0.102. The third-order valence-corrected chi connectivity index (χ3v) is 2.64. The van der Waals surface area contributed by atoms with Crippen LogP contribution in [0.1, 0.15) is 16.1 Å². The summed E-state index contributed by atoms with van der Waals surface area (Å²) in [6, 6.07) is 3.44. The zero-order chi connectivity index (χ0) is 10.7. The van der Waals surface area contributed by atoms with Crippen LogP contribution in [0, 0.1) is 6.92 Å². The van der Waals surface area contributed by atoms with E-state index < -0.39 is 0 Å². The Hall–Kier alpha value is -1.46. The van der Waals surface area contributed by atoms with Crippen molar-refractivity contribution in [3.05, 3.63) is 41.2 Å². The van der Waals surface area contributed by atoms with Gasteiger partial charge in [0.1, 0.15) is 0 Å². The van der Waals surface area contributed by atoms with Crippen molar-refractivity contribution in [1.82, 2.24) is 9.97 Å². The third kappa shape index (κ3) is 3.01. The molecule has 2 aromatic rings. The van der Waals surface area contributed by atoms with Crippen LogP contribution in [0.3, 0.4) is 0 Å². The maximum Gasteiger partial charge on any atom is 0.259 e. The molecule has 0 saturated heterocycles. The monoisotopic (exact) mass is 255 g/mol. The van der Waals surface area contributed by atoms with Crippen LogP contribution >= 0.6 is 23.7 Å². The molecule has 2 heterocycles. The SMILES string of the molecule is Cc1csc(NC(=O)c2cccnc2)n1.Cl. The number of anilines is 1. The topological polar surface area (TPSA) is 54.9 Å². The van der Waals surface area contributed by atoms with Gasteiger partial charge in [0.15, 0.2) is 5.13 Å². The van der Waals surface area contributed by atoms with Gasteiger partial charge in [-0.1, -0.05) is 0 Å². The summed E-state index contributed by atoms with van der Waals surface area (Å²) < 4.78 is 0. The van der Waals surface area contributed by atoms with E-state index in [0.717, 1.165) is 5.69 Å². The average Bonchev–Trinajstić information content (AvgIpc) is 2.65. The number of carbonyl (C=O) groups is 1. The molecule has 0 atom stereocenters. The molecule has 0 aliphatic heterocycles. The molecule has 0 spiro atoms. The first-order valence-corrected chi connectivity index (χ1v) is 5.27. The Morgan fingerprint density at radius 1 is 1.50 bits per heavy atom. The van der Waals surface area contributed by atoms with Crippen LogP contribution in [0.2, 0.25) is 0 Å². The summed E-state index contributed by atoms with van der Waals surface area (Å²) in [5.74, 6) is -0.183. The van der Waals surface area contributed by atoms with Crippen LogP contribution in [0.5, 0.6) is 0 Å². The Kier molecular flexibility index (Phi) is 4.39. The fourth-order valence-electron chi connectivity index (χ4n) is 1.08. The number of amides is 1. The van der Waals surface area contributed by atoms with E-state index in [1.165, 1.54) is 17.5 Å². The normalized spacial score (nSPS) is 9.31. The zero-order valence-electron chi connectivity index (χ0n) is 8.51. The van der Waals surface area contributed by atoms with Crippen molar-refractivity contribution in [2.45, 2.75) is 6.92 Å². The van der Waals surface area contributed by atoms with Crippen molar-refractivity contribution >= 4 is 34.8 Å². The molecule has 0 radical (unpaired) electrons. The largest absolute Gasteiger partial charge is 0.298 e. The summed E-state index contributed by atoms with van der Waals surface area (Å²) >= 11 is 1.41. The third-order valence-electron chi connectivity index (χ3n) is 1.76. The minimum absolute atomic E-state index is 0. The van der Waals surface area contributed by atoms with Crippen LogP contribution in [0.4, 0.5) is 5.13 Å². The van der Waals surface area contributed by atoms with Gasteiger partial charge in [-0.3, -0.25) is 15.1 Å². The van der Waals surface area contributed by atoms with E-state index in [2.05, 4.69) is 15.3 Å². The van der Waals surface area contributed by atoms with Crippen LogP contribution in [-0.2, 0) is 0 Å². The molecule has 1 amide bonds. The Morgan fingerprint density at radius 2 is 2.31 bits per heavy atom. The first-order valence-electron chi connectivity index (χ1n) is 4.39. The molecule has 0 fully saturated rings. The number of hydrogen-bond donors (Lipinski definition) is 1. The lowest BCUT2D eigenvalue weighted by Crippen LogP contribution is -2.11. The second-order valence-electron chi connectivity index (χ2n) is 2.99. The van der Waals surface area contributed by atoms with Crippen molar-refractivity contribution in [2.24, 2.45) is 0 Å². The number of pyridine rings is 1. The molecule has 6 heteroatoms. The Morgan fingerprint density at radius 3 is 2.88 bits per heavy atom. The van der Waals surface area contributed by atoms with Gasteiger partial charge in [-0.15, -0.1) is 23.7 Å². The lowest BCUT2D eigenvalue weighted by atomic mass is 10.3. The predicted octanol–water partition coefficient (Wildman–Crippen LogP) is 2.52. The minimum Gasteiger partial charge on any atom is -0.298 e. The molecule has 0 aliphatic rings. The van der Waals surface area contributed by atoms with Crippen LogP contribution in [0.25, 0.3) is 0 Å². The minimum atomic E-state index is -0.183. The summed E-state index contributed by atoms with van der Waals surface area (Å²) in [7, 11) is 0. The first-order chi connectivity index (χ1) is 7.25. The fourth-order valence-corrected chi connectivity index (χ4v) is 1.76. The van der Waals surface area contributed by atoms with Crippen molar-refractivity contribution in [3.8, 4) is 0 Å². The fraction of sp³-hybridized carbons (Fsp3) is 0.100. The van der Waals surface area contributed by atoms with Crippen LogP contribution < -0.4 is 5.32 Å². The average molecular weight is 256 g/mol. The number of hydrogen-bond acceptors (Lipinski definition) is 4. The van der Waals surface area contributed by atoms with Gasteiger partial charge in [-0.25, -0.2) is 4.98 Å². The van der Waals surface area contributed by atoms with E-state index in [-0.39, 0.29) is 18.3 Å². The van der Waals surface area contributed by atoms with Crippen LogP contribution in [-0.4, -0.2) is 15.9 Å². The second-order valence-corrected chi connectivity index (χ2v) is 3.85. The molecule has 2 aromatic heterocycles. The van der Waals surface area contributed by atoms with Gasteiger partial charge >= 0.3 is 0 Å². The van der Waals surface area contributed by atoms with Gasteiger partial charge in [0, 0.05) is 17.8 Å². The zero-order valence-corrected chi connectivity index (χ0v) is 10.1. The summed E-state index contributed by atoms with van der Waals surface area (Å²) in [6.07, 6.45) is 3.15. The first kappa shape index (κ1) is 12.6. The maximum atomic E-state index is 11.6. The number of nitrogens with one attached hydrogen (secondary N) is 1. The molecule has 0 unspecified atom stereocenters. The number of rotatable bonds is 2. The molecule has 0 aliphatic carbocycles. The van der Waals surface area contributed by atoms with Gasteiger partial charge in [0.25, 0.3) is 5.91 Å². The number of halogens is 1. The molecular formula is C10H10ClN3OS. The highest BCUT2D eigenvalue weighted by Gasteiger charge is 2.07. The molecule has 0 aromatic carbocycles. The highest BCUT2D eigenvalue weighted by Crippen LogP contribution is 2.15. The summed E-state index contributed by atoms with van der Waals surface area (Å²) in [4.78, 5) is 19.7. The van der Waals surface area contributed by atoms with Crippen molar-refractivity contribution in [3.63, 3.8) is 0 Å². The van der Waals surface area contributed by atoms with E-state index in [0.29, 0.717) is 10.7 Å². The number of aryl methyl sites for hydroxylation is 1. The van der Waals surface area contributed by atoms with E-state index >= 15 is 0 Å². The molecule has 0 saturated carbocycles. The van der Waals surface area contributed by atoms with Gasteiger partial charge in [0.2, 0.25) is 0 Å². The quantitative estimate of drug-likeness (QED) is 0.897. The van der Waals surface area contributed by atoms with Crippen molar-refractivity contribution in [2.75, 3.05) is 5.32 Å². The van der Waals surface area contributed by atoms with Gasteiger partial charge in [-0.05, 0) is 19.1 Å². The number of thiazole rings is 1. The van der Waals surface area contributed by atoms with Gasteiger partial charge in [-0.2, -0.15) is 0 Å². The molecule has 84 valence electrons. The molecule has 1 N–H and O–H groups in total. The van der Waals surface area contributed by atoms with Gasteiger partial charge in [0.05, 0.1) is 11.3 Å². The number of nitrogens with zero attached hydrogens (tertiary/aromatic N) is 2. The van der Waals surface area contributed by atoms with E-state index in [9.17, 15) is 4.79 Å². The molecule has 16 heavy (non-hydrogen) atoms. The molecule has 4 nitrogen and oxygen atoms in total. The second kappa shape index (κ2) is 5.58. The summed E-state index contributed by atoms with van der Waals surface area (Å²) in [5, 5.41) is 5.21. The number of aromatic nitrogens is 2. The predicted molar refractivity (Wildman–Crippen MR) is 66.3 cm³/mol. The Bertz CT molecular complexity index is 472. The maximum absolute atomic E-state index is 11.6. The van der Waals surface area contributed by atoms with Gasteiger partial charge < -0.3 is 0 Å². The Labute approximate surface area is 103 Å². The number of carbonyl (C=O) groups excluding carboxylic acids is 1. The van der Waals surface area contributed by atoms with E-state index in [1.807, 2.05) is 12.3 Å². The highest BCUT2D eigenvalue weighted by atomic mass is 35.5. The lowest BCUT2D eigenvalue weighted by Gasteiger charge is -1.99. The molecule has 2 rings (SSSR count). The van der Waals surface area contributed by atoms with E-state index in [1.54, 1.807) is 18.3 Å². The van der Waals surface area contributed by atoms with Crippen molar-refractivity contribution in [1.29, 1.82) is 0 Å². The molecule has 0 bridgehead atoms. The van der Waals surface area contributed by atoms with Crippen LogP contribution in [0.15, 0.2) is 29.9 Å². The van der Waals surface area contributed by atoms with E-state index in [4.69, 9.17) is 0 Å². The molecular weight excluding hydrogens is 246 g/mol. The standard InChI is InChI=1S/C10H9N3OS.ClH/c1-7-6-15-10(12-7)13-9(14)8-3-2-4-11-5-8;/h2-6H,1H3,(H,12,13,14);1H. The summed E-state index contributed by atoms with van der Waals surface area (Å²) in [5.41, 5.74) is 1.44. The van der Waals surface area contributed by atoms with Crippen molar-refractivity contribution < 1.29 is 4.79 Å².